The van der Waals surface area contributed by atoms with Crippen LogP contribution in [0.25, 0.3) is 10.1 Å². The zero-order valence-electron chi connectivity index (χ0n) is 11.7. The number of carbonyl (C=O) groups is 1. The Balaban J connectivity index is 1.82. The molecule has 1 saturated heterocycles. The van der Waals surface area contributed by atoms with E-state index in [1.165, 1.54) is 11.3 Å². The Labute approximate surface area is 132 Å². The standard InChI is InChI=1S/C15H17ClN2O2S/c1-8(9-4-5-20-7-9)18-15(19)14-13(17)11-3-2-10(16)6-12(11)21-14/h2-3,6,8-9H,4-5,7,17H2,1H3,(H,18,19). The fourth-order valence-corrected chi connectivity index (χ4v) is 3.90. The van der Waals surface area contributed by atoms with Gasteiger partial charge in [0.05, 0.1) is 12.3 Å². The van der Waals surface area contributed by atoms with Crippen molar-refractivity contribution in [3.05, 3.63) is 28.1 Å². The molecule has 3 rings (SSSR count). The quantitative estimate of drug-likeness (QED) is 0.910. The lowest BCUT2D eigenvalue weighted by Crippen LogP contribution is -2.38. The van der Waals surface area contributed by atoms with Crippen LogP contribution in [0.1, 0.15) is 23.0 Å². The Kier molecular flexibility index (Phi) is 4.06. The van der Waals surface area contributed by atoms with Crippen molar-refractivity contribution in [2.24, 2.45) is 5.92 Å². The minimum absolute atomic E-state index is 0.0770. The van der Waals surface area contributed by atoms with Crippen molar-refractivity contribution in [3.8, 4) is 0 Å². The molecule has 1 aromatic carbocycles. The minimum atomic E-state index is -0.121. The smallest absolute Gasteiger partial charge is 0.263 e. The van der Waals surface area contributed by atoms with Crippen LogP contribution in [0.3, 0.4) is 0 Å². The van der Waals surface area contributed by atoms with Gasteiger partial charge in [0, 0.05) is 33.7 Å². The van der Waals surface area contributed by atoms with E-state index in [1.807, 2.05) is 19.1 Å². The SMILES string of the molecule is CC(NC(=O)c1sc2cc(Cl)ccc2c1N)C1CCOC1. The van der Waals surface area contributed by atoms with Gasteiger partial charge < -0.3 is 15.8 Å². The van der Waals surface area contributed by atoms with Crippen LogP contribution in [0, 0.1) is 5.92 Å². The summed E-state index contributed by atoms with van der Waals surface area (Å²) in [4.78, 5) is 13.0. The molecule has 112 valence electrons. The molecule has 1 amide bonds. The summed E-state index contributed by atoms with van der Waals surface area (Å²) in [5.74, 6) is 0.253. The molecular formula is C15H17ClN2O2S. The molecule has 0 radical (unpaired) electrons. The number of ether oxygens (including phenoxy) is 1. The monoisotopic (exact) mass is 324 g/mol. The van der Waals surface area contributed by atoms with E-state index < -0.39 is 0 Å². The van der Waals surface area contributed by atoms with Crippen molar-refractivity contribution in [1.29, 1.82) is 0 Å². The molecule has 0 spiro atoms. The van der Waals surface area contributed by atoms with Crippen molar-refractivity contribution >= 4 is 44.6 Å². The van der Waals surface area contributed by atoms with E-state index in [4.69, 9.17) is 22.1 Å². The van der Waals surface area contributed by atoms with Crippen LogP contribution in [0.5, 0.6) is 0 Å². The number of nitrogens with one attached hydrogen (secondary N) is 1. The summed E-state index contributed by atoms with van der Waals surface area (Å²) in [6.07, 6.45) is 0.985. The van der Waals surface area contributed by atoms with Crippen molar-refractivity contribution in [3.63, 3.8) is 0 Å². The summed E-state index contributed by atoms with van der Waals surface area (Å²) in [5.41, 5.74) is 6.63. The van der Waals surface area contributed by atoms with E-state index in [1.54, 1.807) is 6.07 Å². The number of nitrogen functional groups attached to an aromatic ring is 1. The number of carbonyl (C=O) groups excluding carboxylic acids is 1. The van der Waals surface area contributed by atoms with Crippen molar-refractivity contribution in [2.75, 3.05) is 18.9 Å². The molecule has 0 bridgehead atoms. The maximum atomic E-state index is 12.4. The van der Waals surface area contributed by atoms with Crippen molar-refractivity contribution in [2.45, 2.75) is 19.4 Å². The van der Waals surface area contributed by atoms with Gasteiger partial charge in [0.15, 0.2) is 0 Å². The molecule has 2 atom stereocenters. The topological polar surface area (TPSA) is 64.4 Å². The van der Waals surface area contributed by atoms with Crippen molar-refractivity contribution in [1.82, 2.24) is 5.32 Å². The molecule has 1 aliphatic heterocycles. The highest BCUT2D eigenvalue weighted by Crippen LogP contribution is 2.35. The summed E-state index contributed by atoms with van der Waals surface area (Å²) in [7, 11) is 0. The largest absolute Gasteiger partial charge is 0.397 e. The van der Waals surface area contributed by atoms with E-state index >= 15 is 0 Å². The average Bonchev–Trinajstić information content (AvgIpc) is 3.07. The third-order valence-electron chi connectivity index (χ3n) is 3.93. The fourth-order valence-electron chi connectivity index (χ4n) is 2.60. The molecule has 2 aromatic rings. The maximum absolute atomic E-state index is 12.4. The summed E-state index contributed by atoms with van der Waals surface area (Å²) in [5, 5.41) is 4.56. The lowest BCUT2D eigenvalue weighted by atomic mass is 10.0. The van der Waals surface area contributed by atoms with Crippen LogP contribution in [0.2, 0.25) is 5.02 Å². The third kappa shape index (κ3) is 2.86. The Morgan fingerprint density at radius 1 is 1.57 bits per heavy atom. The van der Waals surface area contributed by atoms with Gasteiger partial charge in [0.1, 0.15) is 4.88 Å². The first-order valence-corrected chi connectivity index (χ1v) is 8.12. The first kappa shape index (κ1) is 14.6. The Morgan fingerprint density at radius 3 is 3.10 bits per heavy atom. The molecule has 1 fully saturated rings. The summed E-state index contributed by atoms with van der Waals surface area (Å²) < 4.78 is 6.29. The highest BCUT2D eigenvalue weighted by atomic mass is 35.5. The van der Waals surface area contributed by atoms with E-state index in [0.717, 1.165) is 23.1 Å². The fraction of sp³-hybridized carbons (Fsp3) is 0.400. The highest BCUT2D eigenvalue weighted by Gasteiger charge is 2.25. The van der Waals surface area contributed by atoms with Gasteiger partial charge in [-0.15, -0.1) is 11.3 Å². The Morgan fingerprint density at radius 2 is 2.38 bits per heavy atom. The highest BCUT2D eigenvalue weighted by molar-refractivity contribution is 7.21. The van der Waals surface area contributed by atoms with E-state index in [2.05, 4.69) is 5.32 Å². The van der Waals surface area contributed by atoms with Gasteiger partial charge in [-0.1, -0.05) is 11.6 Å². The van der Waals surface area contributed by atoms with Crippen LogP contribution in [0.15, 0.2) is 18.2 Å². The lowest BCUT2D eigenvalue weighted by Gasteiger charge is -2.18. The minimum Gasteiger partial charge on any atom is -0.397 e. The predicted molar refractivity (Wildman–Crippen MR) is 87.1 cm³/mol. The van der Waals surface area contributed by atoms with Crippen molar-refractivity contribution < 1.29 is 9.53 Å². The van der Waals surface area contributed by atoms with Crippen LogP contribution < -0.4 is 11.1 Å². The molecular weight excluding hydrogens is 308 g/mol. The molecule has 1 aromatic heterocycles. The first-order valence-electron chi connectivity index (χ1n) is 6.92. The average molecular weight is 325 g/mol. The van der Waals surface area contributed by atoms with Gasteiger partial charge in [0.2, 0.25) is 0 Å². The van der Waals surface area contributed by atoms with Crippen LogP contribution in [0.4, 0.5) is 5.69 Å². The molecule has 2 unspecified atom stereocenters. The second-order valence-corrected chi connectivity index (χ2v) is 6.86. The van der Waals surface area contributed by atoms with E-state index in [9.17, 15) is 4.79 Å². The van der Waals surface area contributed by atoms with Gasteiger partial charge in [0.25, 0.3) is 5.91 Å². The van der Waals surface area contributed by atoms with Gasteiger partial charge in [-0.3, -0.25) is 4.79 Å². The van der Waals surface area contributed by atoms with E-state index in [0.29, 0.717) is 28.1 Å². The van der Waals surface area contributed by atoms with Crippen LogP contribution in [-0.4, -0.2) is 25.2 Å². The van der Waals surface area contributed by atoms with Gasteiger partial charge in [-0.2, -0.15) is 0 Å². The molecule has 0 aliphatic carbocycles. The number of hydrogen-bond donors (Lipinski definition) is 2. The van der Waals surface area contributed by atoms with E-state index in [-0.39, 0.29) is 11.9 Å². The number of hydrogen-bond acceptors (Lipinski definition) is 4. The number of benzene rings is 1. The third-order valence-corrected chi connectivity index (χ3v) is 5.33. The summed E-state index contributed by atoms with van der Waals surface area (Å²) >= 11 is 7.36. The molecule has 6 heteroatoms. The van der Waals surface area contributed by atoms with Gasteiger partial charge in [-0.25, -0.2) is 0 Å². The number of thiophene rings is 1. The predicted octanol–water partition coefficient (Wildman–Crippen LogP) is 3.29. The molecule has 21 heavy (non-hydrogen) atoms. The first-order chi connectivity index (χ1) is 10.1. The zero-order chi connectivity index (χ0) is 15.0. The normalized spacial score (nSPS) is 19.8. The lowest BCUT2D eigenvalue weighted by molar-refractivity contribution is 0.0927. The van der Waals surface area contributed by atoms with Crippen LogP contribution >= 0.6 is 22.9 Å². The number of fused-ring (bicyclic) bond motifs is 1. The molecule has 1 aliphatic rings. The number of halogens is 1. The maximum Gasteiger partial charge on any atom is 0.263 e. The van der Waals surface area contributed by atoms with Gasteiger partial charge in [-0.05, 0) is 31.5 Å². The summed E-state index contributed by atoms with van der Waals surface area (Å²) in [6.45, 7) is 3.49. The summed E-state index contributed by atoms with van der Waals surface area (Å²) in [6, 6.07) is 5.55. The second kappa shape index (κ2) is 5.83. The van der Waals surface area contributed by atoms with Crippen LogP contribution in [-0.2, 0) is 4.74 Å². The number of rotatable bonds is 3. The molecule has 0 saturated carbocycles. The van der Waals surface area contributed by atoms with Gasteiger partial charge >= 0.3 is 0 Å². The Hall–Kier alpha value is -1.30. The zero-order valence-corrected chi connectivity index (χ0v) is 13.3. The number of anilines is 1. The second-order valence-electron chi connectivity index (χ2n) is 5.37. The Bertz CT molecular complexity index is 680. The number of amides is 1. The number of nitrogens with two attached hydrogens (primary N) is 1. The molecule has 2 heterocycles. The molecule has 4 nitrogen and oxygen atoms in total. The molecule has 3 N–H and O–H groups in total.